The van der Waals surface area contributed by atoms with Crippen molar-refractivity contribution < 1.29 is 48.2 Å². The molecule has 0 aromatic carbocycles. The van der Waals surface area contributed by atoms with E-state index in [1.165, 1.54) is 0 Å². The number of aliphatic hydroxyl groups is 2. The molecule has 0 aliphatic carbocycles. The number of nitrogens with zero attached hydrogens (tertiary/aromatic N) is 1. The topological polar surface area (TPSA) is 133 Å². The van der Waals surface area contributed by atoms with E-state index in [1.807, 2.05) is 0 Å². The molecule has 404 valence electrons. The molecule has 0 spiro atoms. The molecule has 2 N–H and O–H groups in total. The second kappa shape index (κ2) is 54.9. The third-order valence-electron chi connectivity index (χ3n) is 11.8. The van der Waals surface area contributed by atoms with E-state index in [-0.39, 0.29) is 31.1 Å². The van der Waals surface area contributed by atoms with Crippen molar-refractivity contribution in [2.75, 3.05) is 65.9 Å². The highest BCUT2D eigenvalue weighted by molar-refractivity contribution is 5.69. The minimum atomic E-state index is -0.688. The zero-order chi connectivity index (χ0) is 50.4. The molecular formula is C58H107NO10. The van der Waals surface area contributed by atoms with Gasteiger partial charge in [0.05, 0.1) is 38.8 Å². The number of hydrogen-bond donors (Lipinski definition) is 2. The van der Waals surface area contributed by atoms with E-state index < -0.39 is 6.10 Å². The van der Waals surface area contributed by atoms with Crippen molar-refractivity contribution >= 4 is 11.9 Å². The molecule has 0 saturated heterocycles. The summed E-state index contributed by atoms with van der Waals surface area (Å²) >= 11 is 0. The summed E-state index contributed by atoms with van der Waals surface area (Å²) in [7, 11) is 0. The van der Waals surface area contributed by atoms with E-state index in [9.17, 15) is 19.8 Å². The zero-order valence-corrected chi connectivity index (χ0v) is 44.9. The van der Waals surface area contributed by atoms with Gasteiger partial charge in [-0.3, -0.25) is 9.59 Å². The van der Waals surface area contributed by atoms with Gasteiger partial charge in [-0.25, -0.2) is 0 Å². The number of carbonyl (C=O) groups is 2. The second-order valence-corrected chi connectivity index (χ2v) is 18.4. The average molecular weight is 978 g/mol. The number of esters is 2. The van der Waals surface area contributed by atoms with Crippen LogP contribution in [0.4, 0.5) is 0 Å². The van der Waals surface area contributed by atoms with Crippen molar-refractivity contribution in [3.8, 4) is 0 Å². The highest BCUT2D eigenvalue weighted by atomic mass is 16.7. The minimum Gasteiger partial charge on any atom is -0.466 e. The van der Waals surface area contributed by atoms with Crippen molar-refractivity contribution in [3.05, 3.63) is 48.6 Å². The van der Waals surface area contributed by atoms with Crippen LogP contribution in [-0.2, 0) is 38.0 Å². The average Bonchev–Trinajstić information content (AvgIpc) is 3.35. The molecule has 1 unspecified atom stereocenters. The number of hydrogen-bond acceptors (Lipinski definition) is 11. The first-order chi connectivity index (χ1) is 33.9. The Morgan fingerprint density at radius 3 is 1.06 bits per heavy atom. The number of allylic oxidation sites excluding steroid dienone is 8. The Balaban J connectivity index is 4.39. The van der Waals surface area contributed by atoms with Crippen LogP contribution in [0.3, 0.4) is 0 Å². The Kier molecular flexibility index (Phi) is 53.0. The predicted octanol–water partition coefficient (Wildman–Crippen LogP) is 13.8. The normalized spacial score (nSPS) is 12.7. The Hall–Kier alpha value is -2.38. The molecular weight excluding hydrogens is 871 g/mol. The molecule has 0 rings (SSSR count). The third-order valence-corrected chi connectivity index (χ3v) is 11.8. The van der Waals surface area contributed by atoms with E-state index in [0.29, 0.717) is 71.7 Å². The summed E-state index contributed by atoms with van der Waals surface area (Å²) in [5, 5.41) is 19.4. The SMILES string of the molecule is CC/C=C\CCCCOC(CCC(=O)OCCCCCCCN(CCCCCCCOC(=O)CCC(OCCCC/C=C\CC)OCCCC/C=C\CC)CCC(O)CO)OCCCC/C=C\CC. The molecule has 0 radical (unpaired) electrons. The molecule has 69 heavy (non-hydrogen) atoms. The molecule has 0 amide bonds. The maximum absolute atomic E-state index is 12.6. The van der Waals surface area contributed by atoms with Crippen molar-refractivity contribution in [3.63, 3.8) is 0 Å². The van der Waals surface area contributed by atoms with Gasteiger partial charge in [0.25, 0.3) is 0 Å². The number of rotatable bonds is 54. The fourth-order valence-corrected chi connectivity index (χ4v) is 7.57. The lowest BCUT2D eigenvalue weighted by Gasteiger charge is -2.23. The smallest absolute Gasteiger partial charge is 0.305 e. The Bertz CT molecular complexity index is 1080. The molecule has 0 heterocycles. The fourth-order valence-electron chi connectivity index (χ4n) is 7.57. The first-order valence-electron chi connectivity index (χ1n) is 28.3. The van der Waals surface area contributed by atoms with Crippen LogP contribution in [0.1, 0.15) is 227 Å². The fraction of sp³-hybridized carbons (Fsp3) is 0.828. The molecule has 0 fully saturated rings. The summed E-state index contributed by atoms with van der Waals surface area (Å²) < 4.78 is 35.4. The van der Waals surface area contributed by atoms with Crippen LogP contribution in [-0.4, -0.2) is 112 Å². The van der Waals surface area contributed by atoms with E-state index in [1.54, 1.807) is 0 Å². The minimum absolute atomic E-state index is 0.188. The van der Waals surface area contributed by atoms with Gasteiger partial charge in [-0.15, -0.1) is 0 Å². The van der Waals surface area contributed by atoms with Crippen LogP contribution in [0.2, 0.25) is 0 Å². The monoisotopic (exact) mass is 978 g/mol. The van der Waals surface area contributed by atoms with Gasteiger partial charge in [-0.2, -0.15) is 0 Å². The number of ether oxygens (including phenoxy) is 6. The van der Waals surface area contributed by atoms with Crippen LogP contribution in [0.5, 0.6) is 0 Å². The molecule has 0 saturated carbocycles. The summed E-state index contributed by atoms with van der Waals surface area (Å²) in [5.41, 5.74) is 0. The Morgan fingerprint density at radius 2 is 0.725 bits per heavy atom. The summed E-state index contributed by atoms with van der Waals surface area (Å²) in [6.45, 7) is 14.5. The van der Waals surface area contributed by atoms with Gasteiger partial charge >= 0.3 is 11.9 Å². The Morgan fingerprint density at radius 1 is 0.406 bits per heavy atom. The molecule has 0 aromatic rings. The van der Waals surface area contributed by atoms with Crippen LogP contribution >= 0.6 is 0 Å². The molecule has 11 nitrogen and oxygen atoms in total. The number of unbranched alkanes of at least 4 members (excludes halogenated alkanes) is 16. The van der Waals surface area contributed by atoms with Gasteiger partial charge in [-0.1, -0.05) is 115 Å². The zero-order valence-electron chi connectivity index (χ0n) is 44.9. The van der Waals surface area contributed by atoms with Crippen LogP contribution in [0, 0.1) is 0 Å². The quantitative estimate of drug-likeness (QED) is 0.0261. The first-order valence-corrected chi connectivity index (χ1v) is 28.3. The van der Waals surface area contributed by atoms with Crippen molar-refractivity contribution in [1.82, 2.24) is 4.90 Å². The van der Waals surface area contributed by atoms with Gasteiger partial charge < -0.3 is 43.5 Å². The van der Waals surface area contributed by atoms with E-state index in [4.69, 9.17) is 28.4 Å². The molecule has 0 bridgehead atoms. The first kappa shape index (κ1) is 66.6. The lowest BCUT2D eigenvalue weighted by molar-refractivity contribution is -0.159. The van der Waals surface area contributed by atoms with Crippen LogP contribution < -0.4 is 0 Å². The summed E-state index contributed by atoms with van der Waals surface area (Å²) in [6.07, 6.45) is 45.4. The summed E-state index contributed by atoms with van der Waals surface area (Å²) in [5.74, 6) is -0.376. The molecule has 11 heteroatoms. The van der Waals surface area contributed by atoms with Crippen molar-refractivity contribution in [2.45, 2.75) is 245 Å². The molecule has 0 aliphatic rings. The van der Waals surface area contributed by atoms with Gasteiger partial charge in [0, 0.05) is 45.8 Å². The second-order valence-electron chi connectivity index (χ2n) is 18.4. The third kappa shape index (κ3) is 50.4. The maximum Gasteiger partial charge on any atom is 0.305 e. The summed E-state index contributed by atoms with van der Waals surface area (Å²) in [4.78, 5) is 27.6. The maximum atomic E-state index is 12.6. The largest absolute Gasteiger partial charge is 0.466 e. The van der Waals surface area contributed by atoms with E-state index in [2.05, 4.69) is 81.2 Å². The summed E-state index contributed by atoms with van der Waals surface area (Å²) in [6, 6.07) is 0. The molecule has 1 atom stereocenters. The predicted molar refractivity (Wildman–Crippen MR) is 285 cm³/mol. The molecule has 0 aromatic heterocycles. The molecule has 0 aliphatic heterocycles. The Labute approximate surface area is 423 Å². The van der Waals surface area contributed by atoms with Crippen molar-refractivity contribution in [1.29, 1.82) is 0 Å². The highest BCUT2D eigenvalue weighted by Crippen LogP contribution is 2.14. The lowest BCUT2D eigenvalue weighted by atomic mass is 10.1. The van der Waals surface area contributed by atoms with Gasteiger partial charge in [0.1, 0.15) is 0 Å². The lowest BCUT2D eigenvalue weighted by Crippen LogP contribution is -2.30. The van der Waals surface area contributed by atoms with Gasteiger partial charge in [-0.05, 0) is 148 Å². The van der Waals surface area contributed by atoms with E-state index in [0.717, 1.165) is 187 Å². The van der Waals surface area contributed by atoms with Gasteiger partial charge in [0.15, 0.2) is 12.6 Å². The van der Waals surface area contributed by atoms with Crippen LogP contribution in [0.25, 0.3) is 0 Å². The van der Waals surface area contributed by atoms with Crippen molar-refractivity contribution in [2.24, 2.45) is 0 Å². The number of aliphatic hydroxyl groups excluding tert-OH is 2. The van der Waals surface area contributed by atoms with Gasteiger partial charge in [0.2, 0.25) is 0 Å². The van der Waals surface area contributed by atoms with Crippen LogP contribution in [0.15, 0.2) is 48.6 Å². The highest BCUT2D eigenvalue weighted by Gasteiger charge is 2.15. The number of carbonyl (C=O) groups excluding carboxylic acids is 2. The standard InChI is InChI=1S/C58H107NO10/c1-5-9-13-17-25-35-49-66-57(67-50-36-26-18-14-10-6-2)41-39-55(62)64-47-33-29-21-23-31-44-59(46-43-54(61)53-60)45-32-24-22-30-34-48-65-56(63)40-42-58(68-51-37-27-19-15-11-7-3)69-52-38-28-20-16-12-8-4/h9-16,54,57-58,60-61H,5-8,17-53H2,1-4H3/b13-9-,14-10-,15-11-,16-12-. The van der Waals surface area contributed by atoms with E-state index >= 15 is 0 Å².